The first kappa shape index (κ1) is 17.5. The third kappa shape index (κ3) is 3.25. The Kier molecular flexibility index (Phi) is 4.40. The maximum absolute atomic E-state index is 12.6. The Morgan fingerprint density at radius 1 is 1.11 bits per heavy atom. The fraction of sp³-hybridized carbons (Fsp3) is 0.158. The first-order chi connectivity index (χ1) is 13.5. The van der Waals surface area contributed by atoms with E-state index >= 15 is 0 Å². The summed E-state index contributed by atoms with van der Waals surface area (Å²) in [5.41, 5.74) is 1.74. The van der Waals surface area contributed by atoms with E-state index in [0.717, 1.165) is 10.9 Å². The SMILES string of the molecule is Cc1nn(CC(=O)Nc2cccc(-c3nnnn3C)c2)c(=O)c2ccccc12. The van der Waals surface area contributed by atoms with Crippen LogP contribution in [0.5, 0.6) is 0 Å². The van der Waals surface area contributed by atoms with E-state index in [1.54, 1.807) is 42.1 Å². The van der Waals surface area contributed by atoms with Gasteiger partial charge >= 0.3 is 0 Å². The second-order valence-corrected chi connectivity index (χ2v) is 6.35. The highest BCUT2D eigenvalue weighted by Gasteiger charge is 2.12. The van der Waals surface area contributed by atoms with Crippen LogP contribution in [0.2, 0.25) is 0 Å². The van der Waals surface area contributed by atoms with Crippen LogP contribution >= 0.6 is 0 Å². The molecule has 0 aliphatic rings. The smallest absolute Gasteiger partial charge is 0.275 e. The molecule has 0 saturated carbocycles. The highest BCUT2D eigenvalue weighted by Crippen LogP contribution is 2.19. The van der Waals surface area contributed by atoms with Gasteiger partial charge in [0, 0.05) is 23.7 Å². The van der Waals surface area contributed by atoms with Crippen molar-refractivity contribution < 1.29 is 4.79 Å². The van der Waals surface area contributed by atoms with Crippen molar-refractivity contribution >= 4 is 22.4 Å². The van der Waals surface area contributed by atoms with Gasteiger partial charge < -0.3 is 5.32 Å². The van der Waals surface area contributed by atoms with Crippen molar-refractivity contribution in [1.29, 1.82) is 0 Å². The minimum absolute atomic E-state index is 0.180. The molecular formula is C19H17N7O2. The molecule has 0 radical (unpaired) electrons. The van der Waals surface area contributed by atoms with Gasteiger partial charge in [0.25, 0.3) is 5.56 Å². The molecule has 9 heteroatoms. The molecule has 4 aromatic rings. The van der Waals surface area contributed by atoms with E-state index in [4.69, 9.17) is 0 Å². The molecule has 0 aliphatic heterocycles. The quantitative estimate of drug-likeness (QED) is 0.580. The van der Waals surface area contributed by atoms with E-state index < -0.39 is 0 Å². The third-order valence-electron chi connectivity index (χ3n) is 4.37. The molecule has 0 saturated heterocycles. The van der Waals surface area contributed by atoms with Gasteiger partial charge in [0.05, 0.1) is 11.1 Å². The molecule has 2 aromatic carbocycles. The maximum Gasteiger partial charge on any atom is 0.275 e. The molecule has 0 bridgehead atoms. The molecule has 0 unspecified atom stereocenters. The second kappa shape index (κ2) is 7.03. The predicted octanol–water partition coefficient (Wildman–Crippen LogP) is 1.53. The van der Waals surface area contributed by atoms with Crippen molar-refractivity contribution in [2.24, 2.45) is 7.05 Å². The highest BCUT2D eigenvalue weighted by molar-refractivity contribution is 5.91. The number of tetrazole rings is 1. The molecule has 0 atom stereocenters. The summed E-state index contributed by atoms with van der Waals surface area (Å²) in [5.74, 6) is 0.233. The normalized spacial score (nSPS) is 10.9. The fourth-order valence-corrected chi connectivity index (χ4v) is 3.06. The monoisotopic (exact) mass is 375 g/mol. The van der Waals surface area contributed by atoms with Gasteiger partial charge in [-0.1, -0.05) is 30.3 Å². The van der Waals surface area contributed by atoms with Crippen LogP contribution in [-0.4, -0.2) is 35.9 Å². The van der Waals surface area contributed by atoms with Crippen molar-refractivity contribution in [3.05, 3.63) is 64.6 Å². The lowest BCUT2D eigenvalue weighted by Crippen LogP contribution is -2.30. The van der Waals surface area contributed by atoms with Gasteiger partial charge in [0.2, 0.25) is 5.91 Å². The molecule has 0 aliphatic carbocycles. The molecule has 1 amide bonds. The van der Waals surface area contributed by atoms with Gasteiger partial charge in [-0.2, -0.15) is 5.10 Å². The number of amides is 1. The predicted molar refractivity (Wildman–Crippen MR) is 104 cm³/mol. The summed E-state index contributed by atoms with van der Waals surface area (Å²) in [6.07, 6.45) is 0. The van der Waals surface area contributed by atoms with Gasteiger partial charge in [-0.3, -0.25) is 9.59 Å². The summed E-state index contributed by atoms with van der Waals surface area (Å²) in [7, 11) is 1.74. The Hall–Kier alpha value is -3.88. The number of hydrogen-bond donors (Lipinski definition) is 1. The zero-order chi connectivity index (χ0) is 19.7. The van der Waals surface area contributed by atoms with Crippen molar-refractivity contribution in [1.82, 2.24) is 30.0 Å². The lowest BCUT2D eigenvalue weighted by atomic mass is 10.1. The number of anilines is 1. The van der Waals surface area contributed by atoms with Crippen LogP contribution in [0.3, 0.4) is 0 Å². The molecule has 28 heavy (non-hydrogen) atoms. The standard InChI is InChI=1S/C19H17N7O2/c1-12-15-8-3-4-9-16(15)19(28)26(22-12)11-17(27)20-14-7-5-6-13(10-14)18-21-23-24-25(18)2/h3-10H,11H2,1-2H3,(H,20,27). The zero-order valence-corrected chi connectivity index (χ0v) is 15.3. The van der Waals surface area contributed by atoms with Crippen LogP contribution < -0.4 is 10.9 Å². The number of fused-ring (bicyclic) bond motifs is 1. The van der Waals surface area contributed by atoms with E-state index in [1.807, 2.05) is 25.1 Å². The fourth-order valence-electron chi connectivity index (χ4n) is 3.06. The Bertz CT molecular complexity index is 1240. The number of carbonyl (C=O) groups is 1. The van der Waals surface area contributed by atoms with Crippen molar-refractivity contribution in [3.63, 3.8) is 0 Å². The minimum atomic E-state index is -0.350. The van der Waals surface area contributed by atoms with Crippen LogP contribution in [0.15, 0.2) is 53.3 Å². The second-order valence-electron chi connectivity index (χ2n) is 6.35. The van der Waals surface area contributed by atoms with Crippen LogP contribution in [0.25, 0.3) is 22.2 Å². The first-order valence-corrected chi connectivity index (χ1v) is 8.62. The molecule has 2 heterocycles. The first-order valence-electron chi connectivity index (χ1n) is 8.62. The van der Waals surface area contributed by atoms with Crippen molar-refractivity contribution in [2.45, 2.75) is 13.5 Å². The lowest BCUT2D eigenvalue weighted by molar-refractivity contribution is -0.117. The average Bonchev–Trinajstić information content (AvgIpc) is 3.12. The van der Waals surface area contributed by atoms with Crippen LogP contribution in [-0.2, 0) is 18.4 Å². The van der Waals surface area contributed by atoms with Gasteiger partial charge in [0.1, 0.15) is 6.54 Å². The number of carbonyl (C=O) groups excluding carboxylic acids is 1. The van der Waals surface area contributed by atoms with E-state index in [2.05, 4.69) is 25.9 Å². The summed E-state index contributed by atoms with van der Waals surface area (Å²) in [6.45, 7) is 1.63. The zero-order valence-electron chi connectivity index (χ0n) is 15.3. The summed E-state index contributed by atoms with van der Waals surface area (Å²) in [6, 6.07) is 14.4. The Labute approximate surface area is 159 Å². The summed E-state index contributed by atoms with van der Waals surface area (Å²) in [5, 5.41) is 19.8. The minimum Gasteiger partial charge on any atom is -0.324 e. The summed E-state index contributed by atoms with van der Waals surface area (Å²) < 4.78 is 2.73. The van der Waals surface area contributed by atoms with E-state index in [9.17, 15) is 9.59 Å². The number of aromatic nitrogens is 6. The largest absolute Gasteiger partial charge is 0.324 e. The van der Waals surface area contributed by atoms with Crippen LogP contribution in [0.1, 0.15) is 5.69 Å². The van der Waals surface area contributed by atoms with Crippen LogP contribution in [0.4, 0.5) is 5.69 Å². The molecule has 1 N–H and O–H groups in total. The molecule has 4 rings (SSSR count). The number of aryl methyl sites for hydroxylation is 2. The average molecular weight is 375 g/mol. The molecule has 140 valence electrons. The van der Waals surface area contributed by atoms with E-state index in [0.29, 0.717) is 22.6 Å². The van der Waals surface area contributed by atoms with Gasteiger partial charge in [-0.25, -0.2) is 9.36 Å². The molecule has 9 nitrogen and oxygen atoms in total. The molecule has 0 fully saturated rings. The maximum atomic E-state index is 12.6. The van der Waals surface area contributed by atoms with Crippen molar-refractivity contribution in [2.75, 3.05) is 5.32 Å². The lowest BCUT2D eigenvalue weighted by Gasteiger charge is -2.10. The van der Waals surface area contributed by atoms with Crippen molar-refractivity contribution in [3.8, 4) is 11.4 Å². The summed E-state index contributed by atoms with van der Waals surface area (Å²) in [4.78, 5) is 25.1. The number of nitrogens with one attached hydrogen (secondary N) is 1. The number of hydrogen-bond acceptors (Lipinski definition) is 6. The summed E-state index contributed by atoms with van der Waals surface area (Å²) >= 11 is 0. The van der Waals surface area contributed by atoms with E-state index in [1.165, 1.54) is 4.68 Å². The third-order valence-corrected chi connectivity index (χ3v) is 4.37. The Morgan fingerprint density at radius 3 is 2.64 bits per heavy atom. The molecule has 2 aromatic heterocycles. The number of rotatable bonds is 4. The van der Waals surface area contributed by atoms with Gasteiger partial charge in [0.15, 0.2) is 5.82 Å². The van der Waals surface area contributed by atoms with Crippen LogP contribution in [0, 0.1) is 6.92 Å². The highest BCUT2D eigenvalue weighted by atomic mass is 16.2. The van der Waals surface area contributed by atoms with E-state index in [-0.39, 0.29) is 18.0 Å². The van der Waals surface area contributed by atoms with Gasteiger partial charge in [-0.05, 0) is 35.5 Å². The molecular weight excluding hydrogens is 358 g/mol. The Morgan fingerprint density at radius 2 is 1.89 bits per heavy atom. The number of benzene rings is 2. The number of nitrogens with zero attached hydrogens (tertiary/aromatic N) is 6. The van der Waals surface area contributed by atoms with Gasteiger partial charge in [-0.15, -0.1) is 5.10 Å². The Balaban J connectivity index is 1.57. The topological polar surface area (TPSA) is 108 Å². The molecule has 0 spiro atoms.